The molecule has 1 unspecified atom stereocenters. The van der Waals surface area contributed by atoms with Crippen LogP contribution in [0.5, 0.6) is 11.5 Å². The summed E-state index contributed by atoms with van der Waals surface area (Å²) >= 11 is 0. The van der Waals surface area contributed by atoms with Gasteiger partial charge in [0, 0.05) is 25.2 Å². The number of hydrogen-bond acceptors (Lipinski definition) is 5. The van der Waals surface area contributed by atoms with Crippen LogP contribution in [-0.4, -0.2) is 56.6 Å². The zero-order valence-corrected chi connectivity index (χ0v) is 17.8. The number of likely N-dealkylation sites (N-methyl/N-ethyl adjacent to an activating group) is 1. The molecule has 160 valence electrons. The number of ether oxygens (including phenoxy) is 2. The Labute approximate surface area is 177 Å². The van der Waals surface area contributed by atoms with Crippen molar-refractivity contribution < 1.29 is 19.1 Å². The monoisotopic (exact) mass is 411 g/mol. The number of para-hydroxylation sites is 1. The number of amides is 2. The summed E-state index contributed by atoms with van der Waals surface area (Å²) in [4.78, 5) is 28.7. The van der Waals surface area contributed by atoms with Crippen molar-refractivity contribution in [2.45, 2.75) is 25.9 Å². The van der Waals surface area contributed by atoms with Crippen molar-refractivity contribution in [1.82, 2.24) is 4.90 Å². The van der Waals surface area contributed by atoms with Gasteiger partial charge < -0.3 is 24.6 Å². The van der Waals surface area contributed by atoms with Crippen molar-refractivity contribution in [2.75, 3.05) is 44.0 Å². The zero-order valence-electron chi connectivity index (χ0n) is 17.8. The first kappa shape index (κ1) is 21.6. The number of nitrogens with one attached hydrogen (secondary N) is 1. The van der Waals surface area contributed by atoms with Gasteiger partial charge in [-0.2, -0.15) is 0 Å². The van der Waals surface area contributed by atoms with Crippen LogP contribution in [0.1, 0.15) is 19.8 Å². The molecule has 0 spiro atoms. The van der Waals surface area contributed by atoms with Crippen molar-refractivity contribution in [3.63, 3.8) is 0 Å². The number of carbonyl (C=O) groups is 2. The number of rotatable bonds is 9. The Morgan fingerprint density at radius 2 is 1.97 bits per heavy atom. The maximum absolute atomic E-state index is 12.6. The fraction of sp³-hybridized carbons (Fsp3) is 0.391. The largest absolute Gasteiger partial charge is 0.494 e. The van der Waals surface area contributed by atoms with Crippen LogP contribution in [0.2, 0.25) is 0 Å². The first-order valence-electron chi connectivity index (χ1n) is 10.2. The molecule has 0 radical (unpaired) electrons. The lowest BCUT2D eigenvalue weighted by atomic mass is 10.1. The molecule has 7 nitrogen and oxygen atoms in total. The van der Waals surface area contributed by atoms with E-state index in [1.807, 2.05) is 49.3 Å². The molecule has 2 aromatic rings. The molecule has 1 heterocycles. The molecule has 2 aromatic carbocycles. The lowest BCUT2D eigenvalue weighted by Gasteiger charge is -2.34. The second-order valence-electron chi connectivity index (χ2n) is 7.55. The fourth-order valence-electron chi connectivity index (χ4n) is 3.18. The van der Waals surface area contributed by atoms with E-state index in [1.165, 1.54) is 0 Å². The third kappa shape index (κ3) is 5.73. The van der Waals surface area contributed by atoms with Crippen LogP contribution in [0.3, 0.4) is 0 Å². The van der Waals surface area contributed by atoms with E-state index in [4.69, 9.17) is 9.47 Å². The van der Waals surface area contributed by atoms with Crippen LogP contribution < -0.4 is 19.7 Å². The Kier molecular flexibility index (Phi) is 7.30. The number of anilines is 2. The van der Waals surface area contributed by atoms with Gasteiger partial charge in [-0.15, -0.1) is 0 Å². The van der Waals surface area contributed by atoms with E-state index < -0.39 is 6.10 Å². The van der Waals surface area contributed by atoms with Gasteiger partial charge in [-0.05, 0) is 57.8 Å². The number of nitrogens with zero attached hydrogens (tertiary/aromatic N) is 2. The van der Waals surface area contributed by atoms with Crippen molar-refractivity contribution in [3.8, 4) is 11.5 Å². The molecule has 1 aliphatic heterocycles. The maximum Gasteiger partial charge on any atom is 0.267 e. The quantitative estimate of drug-likeness (QED) is 0.642. The summed E-state index contributed by atoms with van der Waals surface area (Å²) in [6.07, 6.45) is 0.435. The number of fused-ring (bicyclic) bond motifs is 1. The van der Waals surface area contributed by atoms with Crippen molar-refractivity contribution in [3.05, 3.63) is 48.5 Å². The van der Waals surface area contributed by atoms with Crippen LogP contribution in [-0.2, 0) is 9.59 Å². The Balaban J connectivity index is 1.57. The summed E-state index contributed by atoms with van der Waals surface area (Å²) in [6, 6.07) is 14.9. The second kappa shape index (κ2) is 10.1. The summed E-state index contributed by atoms with van der Waals surface area (Å²) in [5.74, 6) is 1.27. The Morgan fingerprint density at radius 1 is 1.20 bits per heavy atom. The van der Waals surface area contributed by atoms with Gasteiger partial charge in [-0.3, -0.25) is 9.59 Å². The standard InChI is InChI=1S/C23H29N3O4/c1-17-23(28)26(14-13-25(2)3)20-16-18(11-12-21(20)30-17)24-22(27)10-7-15-29-19-8-5-4-6-9-19/h4-6,8-9,11-12,16-17H,7,10,13-15H2,1-3H3,(H,24,27). The normalized spacial score (nSPS) is 15.5. The second-order valence-corrected chi connectivity index (χ2v) is 7.55. The molecule has 30 heavy (non-hydrogen) atoms. The zero-order chi connectivity index (χ0) is 21.5. The van der Waals surface area contributed by atoms with Gasteiger partial charge in [0.15, 0.2) is 6.10 Å². The summed E-state index contributed by atoms with van der Waals surface area (Å²) in [5.41, 5.74) is 1.33. The summed E-state index contributed by atoms with van der Waals surface area (Å²) in [5, 5.41) is 2.90. The highest BCUT2D eigenvalue weighted by Gasteiger charge is 2.31. The molecule has 3 rings (SSSR count). The molecule has 0 bridgehead atoms. The molecule has 7 heteroatoms. The number of hydrogen-bond donors (Lipinski definition) is 1. The van der Waals surface area contributed by atoms with Crippen LogP contribution in [0.25, 0.3) is 0 Å². The molecule has 0 saturated carbocycles. The van der Waals surface area contributed by atoms with Gasteiger partial charge in [0.1, 0.15) is 11.5 Å². The highest BCUT2D eigenvalue weighted by atomic mass is 16.5. The summed E-state index contributed by atoms with van der Waals surface area (Å²) in [6.45, 7) is 3.51. The van der Waals surface area contributed by atoms with E-state index in [2.05, 4.69) is 5.32 Å². The van der Waals surface area contributed by atoms with E-state index in [-0.39, 0.29) is 11.8 Å². The van der Waals surface area contributed by atoms with Crippen LogP contribution in [0.4, 0.5) is 11.4 Å². The lowest BCUT2D eigenvalue weighted by Crippen LogP contribution is -2.46. The molecular weight excluding hydrogens is 382 g/mol. The minimum atomic E-state index is -0.523. The fourth-order valence-corrected chi connectivity index (χ4v) is 3.18. The SMILES string of the molecule is CC1Oc2ccc(NC(=O)CCCOc3ccccc3)cc2N(CCN(C)C)C1=O. The predicted octanol–water partition coefficient (Wildman–Crippen LogP) is 3.16. The average molecular weight is 412 g/mol. The van der Waals surface area contributed by atoms with Gasteiger partial charge in [0.25, 0.3) is 5.91 Å². The van der Waals surface area contributed by atoms with E-state index in [0.717, 1.165) is 12.3 Å². The third-order valence-corrected chi connectivity index (χ3v) is 4.78. The number of benzene rings is 2. The molecule has 1 aliphatic rings. The topological polar surface area (TPSA) is 71.1 Å². The highest BCUT2D eigenvalue weighted by molar-refractivity contribution is 6.01. The molecule has 1 N–H and O–H groups in total. The molecule has 2 amide bonds. The average Bonchev–Trinajstić information content (AvgIpc) is 2.72. The Bertz CT molecular complexity index is 870. The van der Waals surface area contributed by atoms with Gasteiger partial charge in [-0.1, -0.05) is 18.2 Å². The van der Waals surface area contributed by atoms with Gasteiger partial charge in [-0.25, -0.2) is 0 Å². The van der Waals surface area contributed by atoms with E-state index in [9.17, 15) is 9.59 Å². The van der Waals surface area contributed by atoms with Gasteiger partial charge >= 0.3 is 0 Å². The molecule has 0 aliphatic carbocycles. The van der Waals surface area contributed by atoms with E-state index >= 15 is 0 Å². The predicted molar refractivity (Wildman–Crippen MR) is 117 cm³/mol. The van der Waals surface area contributed by atoms with Crippen LogP contribution in [0.15, 0.2) is 48.5 Å². The third-order valence-electron chi connectivity index (χ3n) is 4.78. The maximum atomic E-state index is 12.6. The smallest absolute Gasteiger partial charge is 0.267 e. The van der Waals surface area contributed by atoms with Gasteiger partial charge in [0.05, 0.1) is 12.3 Å². The minimum absolute atomic E-state index is 0.0779. The lowest BCUT2D eigenvalue weighted by molar-refractivity contribution is -0.125. The minimum Gasteiger partial charge on any atom is -0.494 e. The van der Waals surface area contributed by atoms with Crippen molar-refractivity contribution >= 4 is 23.2 Å². The molecule has 1 atom stereocenters. The molecular formula is C23H29N3O4. The van der Waals surface area contributed by atoms with Crippen LogP contribution in [0, 0.1) is 0 Å². The van der Waals surface area contributed by atoms with E-state index in [1.54, 1.807) is 30.0 Å². The Morgan fingerprint density at radius 3 is 2.70 bits per heavy atom. The first-order valence-corrected chi connectivity index (χ1v) is 10.2. The Hall–Kier alpha value is -3.06. The summed E-state index contributed by atoms with van der Waals surface area (Å²) < 4.78 is 11.3. The van der Waals surface area contributed by atoms with E-state index in [0.29, 0.717) is 43.1 Å². The summed E-state index contributed by atoms with van der Waals surface area (Å²) in [7, 11) is 3.93. The van der Waals surface area contributed by atoms with Gasteiger partial charge in [0.2, 0.25) is 5.91 Å². The highest BCUT2D eigenvalue weighted by Crippen LogP contribution is 2.36. The number of carbonyl (C=O) groups excluding carboxylic acids is 2. The first-order chi connectivity index (χ1) is 14.4. The van der Waals surface area contributed by atoms with Crippen molar-refractivity contribution in [2.24, 2.45) is 0 Å². The molecule has 0 aromatic heterocycles. The molecule has 0 saturated heterocycles. The molecule has 0 fully saturated rings. The van der Waals surface area contributed by atoms with Crippen LogP contribution >= 0.6 is 0 Å². The van der Waals surface area contributed by atoms with Crippen molar-refractivity contribution in [1.29, 1.82) is 0 Å².